The molecule has 0 aliphatic carbocycles. The zero-order valence-corrected chi connectivity index (χ0v) is 7.36. The molecule has 0 aliphatic heterocycles. The van der Waals surface area contributed by atoms with E-state index in [2.05, 4.69) is 10.2 Å². The van der Waals surface area contributed by atoms with Crippen molar-refractivity contribution in [3.8, 4) is 0 Å². The molecule has 0 aliphatic rings. The minimum absolute atomic E-state index is 0.297. The quantitative estimate of drug-likeness (QED) is 0.693. The van der Waals surface area contributed by atoms with Gasteiger partial charge >= 0.3 is 0 Å². The normalized spacial score (nSPS) is 13.0. The first-order chi connectivity index (χ1) is 6.29. The molecule has 1 unspecified atom stereocenters. The van der Waals surface area contributed by atoms with Crippen LogP contribution in [0.5, 0.6) is 0 Å². The first-order valence-corrected chi connectivity index (χ1v) is 4.71. The third-order valence-electron chi connectivity index (χ3n) is 1.70. The molecule has 2 rings (SSSR count). The second kappa shape index (κ2) is 3.20. The van der Waals surface area contributed by atoms with Gasteiger partial charge in [-0.25, -0.2) is 4.21 Å². The summed E-state index contributed by atoms with van der Waals surface area (Å²) in [7, 11) is 0. The molecule has 1 atom stereocenters. The van der Waals surface area contributed by atoms with Crippen LogP contribution in [0, 0.1) is 0 Å². The van der Waals surface area contributed by atoms with Gasteiger partial charge in [-0.15, -0.1) is 0 Å². The Labute approximate surface area is 76.9 Å². The molecule has 1 aromatic heterocycles. The van der Waals surface area contributed by atoms with E-state index in [-0.39, 0.29) is 0 Å². The number of hydrogen-bond donors (Lipinski definition) is 1. The number of rotatable bonds is 1. The first kappa shape index (κ1) is 8.28. The number of hydrogen-bond acceptors (Lipinski definition) is 3. The lowest BCUT2D eigenvalue weighted by Gasteiger charge is -1.98. The zero-order chi connectivity index (χ0) is 9.26. The van der Waals surface area contributed by atoms with Gasteiger partial charge in [0.25, 0.3) is 0 Å². The predicted molar refractivity (Wildman–Crippen MR) is 48.6 cm³/mol. The maximum atomic E-state index is 10.9. The molecular weight excluding hydrogens is 188 g/mol. The predicted octanol–water partition coefficient (Wildman–Crippen LogP) is 1.21. The first-order valence-electron chi connectivity index (χ1n) is 3.60. The van der Waals surface area contributed by atoms with E-state index in [1.807, 2.05) is 0 Å². The molecule has 0 bridgehead atoms. The summed E-state index contributed by atoms with van der Waals surface area (Å²) in [4.78, 5) is 0.297. The molecule has 13 heavy (non-hydrogen) atoms. The third-order valence-corrected chi connectivity index (χ3v) is 2.40. The molecule has 0 fully saturated rings. The molecule has 1 aromatic carbocycles. The lowest BCUT2D eigenvalue weighted by Crippen LogP contribution is -1.93. The van der Waals surface area contributed by atoms with Crippen molar-refractivity contribution < 1.29 is 8.76 Å². The van der Waals surface area contributed by atoms with Gasteiger partial charge in [0, 0.05) is 5.39 Å². The van der Waals surface area contributed by atoms with E-state index in [1.165, 1.54) is 6.20 Å². The molecule has 0 saturated heterocycles. The molecule has 1 heterocycles. The number of aromatic nitrogens is 2. The molecule has 0 saturated carbocycles. The summed E-state index contributed by atoms with van der Waals surface area (Å²) in [5, 5.41) is 8.12. The average molecular weight is 194 g/mol. The Bertz CT molecular complexity index is 467. The smallest absolute Gasteiger partial charge is 0.188 e. The van der Waals surface area contributed by atoms with E-state index in [0.29, 0.717) is 15.8 Å². The summed E-state index contributed by atoms with van der Waals surface area (Å²) in [6, 6.07) is 7.09. The second-order valence-corrected chi connectivity index (χ2v) is 3.41. The van der Waals surface area contributed by atoms with Crippen LogP contribution >= 0.6 is 0 Å². The fourth-order valence-electron chi connectivity index (χ4n) is 1.12. The second-order valence-electron chi connectivity index (χ2n) is 2.48. The van der Waals surface area contributed by atoms with Crippen LogP contribution in [0.15, 0.2) is 35.4 Å². The summed E-state index contributed by atoms with van der Waals surface area (Å²) >= 11 is -2.01. The van der Waals surface area contributed by atoms with Gasteiger partial charge in [-0.2, -0.15) is 10.2 Å². The Morgan fingerprint density at radius 3 is 2.85 bits per heavy atom. The Balaban J connectivity index is 2.83. The topological polar surface area (TPSA) is 63.1 Å². The van der Waals surface area contributed by atoms with E-state index >= 15 is 0 Å². The van der Waals surface area contributed by atoms with Crippen LogP contribution in [0.25, 0.3) is 10.9 Å². The van der Waals surface area contributed by atoms with Crippen molar-refractivity contribution >= 4 is 22.0 Å². The van der Waals surface area contributed by atoms with E-state index in [1.54, 1.807) is 24.3 Å². The molecule has 0 amide bonds. The molecule has 4 nitrogen and oxygen atoms in total. The van der Waals surface area contributed by atoms with E-state index in [0.717, 1.165) is 0 Å². The lowest BCUT2D eigenvalue weighted by molar-refractivity contribution is 0.564. The molecule has 0 radical (unpaired) electrons. The maximum Gasteiger partial charge on any atom is 0.188 e. The molecule has 5 heteroatoms. The van der Waals surface area contributed by atoms with Gasteiger partial charge in [0.2, 0.25) is 0 Å². The summed E-state index contributed by atoms with van der Waals surface area (Å²) in [5.41, 5.74) is 0.627. The lowest BCUT2D eigenvalue weighted by atomic mass is 10.2. The van der Waals surface area contributed by atoms with Crippen molar-refractivity contribution in [3.63, 3.8) is 0 Å². The summed E-state index contributed by atoms with van der Waals surface area (Å²) < 4.78 is 19.8. The highest BCUT2D eigenvalue weighted by Crippen LogP contribution is 2.16. The van der Waals surface area contributed by atoms with Crippen molar-refractivity contribution in [3.05, 3.63) is 30.5 Å². The molecule has 1 N–H and O–H groups in total. The van der Waals surface area contributed by atoms with E-state index < -0.39 is 11.1 Å². The molecular formula is C8H6N2O2S. The summed E-state index contributed by atoms with van der Waals surface area (Å²) in [6.45, 7) is 0. The van der Waals surface area contributed by atoms with Gasteiger partial charge in [-0.05, 0) is 6.07 Å². The highest BCUT2D eigenvalue weighted by atomic mass is 32.2. The van der Waals surface area contributed by atoms with Crippen LogP contribution in [-0.4, -0.2) is 19.0 Å². The van der Waals surface area contributed by atoms with Crippen molar-refractivity contribution in [2.75, 3.05) is 0 Å². The fourth-order valence-corrected chi connectivity index (χ4v) is 1.62. The SMILES string of the molecule is O=S(O)c1cnnc2ccccc12. The monoisotopic (exact) mass is 194 g/mol. The van der Waals surface area contributed by atoms with Crippen LogP contribution < -0.4 is 0 Å². The Morgan fingerprint density at radius 2 is 2.08 bits per heavy atom. The van der Waals surface area contributed by atoms with Crippen LogP contribution in [0.2, 0.25) is 0 Å². The van der Waals surface area contributed by atoms with Crippen molar-refractivity contribution in [2.45, 2.75) is 4.90 Å². The molecule has 66 valence electrons. The molecule has 0 spiro atoms. The van der Waals surface area contributed by atoms with E-state index in [4.69, 9.17) is 4.55 Å². The van der Waals surface area contributed by atoms with Crippen LogP contribution in [0.4, 0.5) is 0 Å². The highest BCUT2D eigenvalue weighted by molar-refractivity contribution is 7.79. The largest absolute Gasteiger partial charge is 0.302 e. The standard InChI is InChI=1S/C8H6N2O2S/c11-13(12)8-5-9-10-7-4-2-1-3-6(7)8/h1-5H,(H,11,12). The third kappa shape index (κ3) is 1.43. The van der Waals surface area contributed by atoms with Gasteiger partial charge in [-0.1, -0.05) is 18.2 Å². The Hall–Kier alpha value is -1.33. The van der Waals surface area contributed by atoms with Crippen molar-refractivity contribution in [1.29, 1.82) is 0 Å². The van der Waals surface area contributed by atoms with Gasteiger partial charge in [0.15, 0.2) is 11.1 Å². The van der Waals surface area contributed by atoms with Crippen LogP contribution in [-0.2, 0) is 11.1 Å². The number of fused-ring (bicyclic) bond motifs is 1. The highest BCUT2D eigenvalue weighted by Gasteiger charge is 2.06. The van der Waals surface area contributed by atoms with Gasteiger partial charge < -0.3 is 4.55 Å². The van der Waals surface area contributed by atoms with E-state index in [9.17, 15) is 4.21 Å². The molecule has 2 aromatic rings. The summed E-state index contributed by atoms with van der Waals surface area (Å²) in [5.74, 6) is 0. The minimum Gasteiger partial charge on any atom is -0.302 e. The van der Waals surface area contributed by atoms with Crippen molar-refractivity contribution in [2.24, 2.45) is 0 Å². The van der Waals surface area contributed by atoms with Gasteiger partial charge in [0.1, 0.15) is 0 Å². The van der Waals surface area contributed by atoms with Gasteiger partial charge in [-0.3, -0.25) is 0 Å². The fraction of sp³-hybridized carbons (Fsp3) is 0. The van der Waals surface area contributed by atoms with Gasteiger partial charge in [0.05, 0.1) is 16.6 Å². The minimum atomic E-state index is -2.01. The Morgan fingerprint density at radius 1 is 1.31 bits per heavy atom. The average Bonchev–Trinajstić information content (AvgIpc) is 2.17. The van der Waals surface area contributed by atoms with Crippen LogP contribution in [0.3, 0.4) is 0 Å². The zero-order valence-electron chi connectivity index (χ0n) is 6.54. The summed E-state index contributed by atoms with van der Waals surface area (Å²) in [6.07, 6.45) is 1.30. The van der Waals surface area contributed by atoms with Crippen LogP contribution in [0.1, 0.15) is 0 Å². The number of benzene rings is 1. The Kier molecular flexibility index (Phi) is 2.03. The van der Waals surface area contributed by atoms with Crippen molar-refractivity contribution in [1.82, 2.24) is 10.2 Å². The maximum absolute atomic E-state index is 10.9. The number of nitrogens with zero attached hydrogens (tertiary/aromatic N) is 2.